The van der Waals surface area contributed by atoms with Gasteiger partial charge in [-0.05, 0) is 6.92 Å². The molecule has 13 heavy (non-hydrogen) atoms. The van der Waals surface area contributed by atoms with E-state index in [1.165, 1.54) is 0 Å². The molecule has 0 saturated carbocycles. The van der Waals surface area contributed by atoms with Crippen molar-refractivity contribution in [2.45, 2.75) is 13.0 Å². The maximum absolute atomic E-state index is 11.2. The third-order valence-corrected chi connectivity index (χ3v) is 1.51. The Labute approximate surface area is 77.5 Å². The van der Waals surface area contributed by atoms with E-state index in [1.807, 2.05) is 0 Å². The van der Waals surface area contributed by atoms with Crippen LogP contribution in [0.4, 0.5) is 0 Å². The Kier molecular flexibility index (Phi) is 3.87. The van der Waals surface area contributed by atoms with Crippen LogP contribution in [0, 0.1) is 0 Å². The van der Waals surface area contributed by atoms with Crippen molar-refractivity contribution in [3.05, 3.63) is 0 Å². The Morgan fingerprint density at radius 2 is 1.85 bits per heavy atom. The summed E-state index contributed by atoms with van der Waals surface area (Å²) in [5.41, 5.74) is 0. The highest BCUT2D eigenvalue weighted by Gasteiger charge is 2.34. The highest BCUT2D eigenvalue weighted by atomic mass is 16.5. The van der Waals surface area contributed by atoms with Gasteiger partial charge >= 0.3 is 5.97 Å². The zero-order valence-corrected chi connectivity index (χ0v) is 8.36. The van der Waals surface area contributed by atoms with E-state index in [-0.39, 0.29) is 11.1 Å². The first-order valence-corrected chi connectivity index (χ1v) is 3.99. The third-order valence-electron chi connectivity index (χ3n) is 1.51. The molecule has 76 valence electrons. The number of carbonyl (C=O) groups is 2. The maximum Gasteiger partial charge on any atom is 0.371 e. The number of carboxylic acids is 1. The van der Waals surface area contributed by atoms with Gasteiger partial charge in [0.25, 0.3) is 0 Å². The average Bonchev–Trinajstić information content (AvgIpc) is 1.82. The van der Waals surface area contributed by atoms with E-state index in [0.717, 1.165) is 0 Å². The minimum atomic E-state index is -1.41. The van der Waals surface area contributed by atoms with E-state index in [4.69, 9.17) is 0 Å². The number of esters is 1. The van der Waals surface area contributed by atoms with Crippen LogP contribution >= 0.6 is 0 Å². The van der Waals surface area contributed by atoms with Gasteiger partial charge in [0.2, 0.25) is 6.04 Å². The lowest BCUT2D eigenvalue weighted by Gasteiger charge is -2.32. The Hall–Kier alpha value is -1.10. The molecule has 0 aliphatic carbocycles. The third kappa shape index (κ3) is 3.42. The fourth-order valence-corrected chi connectivity index (χ4v) is 0.950. The Morgan fingerprint density at radius 1 is 1.38 bits per heavy atom. The van der Waals surface area contributed by atoms with Crippen molar-refractivity contribution >= 4 is 11.9 Å². The minimum absolute atomic E-state index is 0.0405. The number of quaternary nitrogens is 1. The standard InChI is InChI=1S/C8H15NO4/c1-5-13-8(12)6(7(10)11)9(2,3)4/h6H,5H2,1-4H3. The summed E-state index contributed by atoms with van der Waals surface area (Å²) in [4.78, 5) is 21.8. The van der Waals surface area contributed by atoms with Crippen molar-refractivity contribution in [3.8, 4) is 0 Å². The number of carbonyl (C=O) groups excluding carboxylic acids is 2. The predicted octanol–water partition coefficient (Wildman–Crippen LogP) is -1.63. The minimum Gasteiger partial charge on any atom is -0.543 e. The van der Waals surface area contributed by atoms with Crippen LogP contribution < -0.4 is 5.11 Å². The van der Waals surface area contributed by atoms with E-state index in [2.05, 4.69) is 4.74 Å². The zero-order valence-electron chi connectivity index (χ0n) is 8.36. The number of ether oxygens (including phenoxy) is 1. The molecule has 5 nitrogen and oxygen atoms in total. The first-order chi connectivity index (χ1) is 5.80. The topological polar surface area (TPSA) is 66.4 Å². The van der Waals surface area contributed by atoms with Crippen molar-refractivity contribution in [2.75, 3.05) is 27.7 Å². The van der Waals surface area contributed by atoms with Gasteiger partial charge in [0.05, 0.1) is 27.7 Å². The van der Waals surface area contributed by atoms with Crippen molar-refractivity contribution in [3.63, 3.8) is 0 Å². The van der Waals surface area contributed by atoms with Gasteiger partial charge in [0, 0.05) is 0 Å². The summed E-state index contributed by atoms with van der Waals surface area (Å²) in [5.74, 6) is -2.17. The second-order valence-corrected chi connectivity index (χ2v) is 3.59. The zero-order chi connectivity index (χ0) is 10.6. The van der Waals surface area contributed by atoms with Crippen molar-refractivity contribution < 1.29 is 23.9 Å². The fraction of sp³-hybridized carbons (Fsp3) is 0.750. The molecule has 1 unspecified atom stereocenters. The Bertz CT molecular complexity index is 207. The highest BCUT2D eigenvalue weighted by Crippen LogP contribution is 2.04. The molecule has 0 radical (unpaired) electrons. The van der Waals surface area contributed by atoms with Gasteiger partial charge in [-0.1, -0.05) is 0 Å². The predicted molar refractivity (Wildman–Crippen MR) is 43.5 cm³/mol. The van der Waals surface area contributed by atoms with Crippen LogP contribution in [0.5, 0.6) is 0 Å². The number of carboxylic acid groups (broad SMARTS) is 1. The molecule has 1 atom stereocenters. The van der Waals surface area contributed by atoms with Crippen LogP contribution in [0.2, 0.25) is 0 Å². The lowest BCUT2D eigenvalue weighted by atomic mass is 10.2. The molecule has 0 bridgehead atoms. The van der Waals surface area contributed by atoms with E-state index in [1.54, 1.807) is 28.1 Å². The van der Waals surface area contributed by atoms with Gasteiger partial charge in [-0.3, -0.25) is 0 Å². The molecule has 0 heterocycles. The van der Waals surface area contributed by atoms with Crippen molar-refractivity contribution in [1.29, 1.82) is 0 Å². The SMILES string of the molecule is CCOC(=O)C(C(=O)[O-])[N+](C)(C)C. The molecule has 0 aliphatic heterocycles. The normalized spacial score (nSPS) is 13.5. The van der Waals surface area contributed by atoms with Gasteiger partial charge < -0.3 is 19.1 Å². The lowest BCUT2D eigenvalue weighted by Crippen LogP contribution is -2.59. The molecule has 0 aliphatic rings. The van der Waals surface area contributed by atoms with Crippen molar-refractivity contribution in [1.82, 2.24) is 0 Å². The summed E-state index contributed by atoms with van der Waals surface area (Å²) < 4.78 is 4.58. The molecular weight excluding hydrogens is 174 g/mol. The van der Waals surface area contributed by atoms with Crippen LogP contribution in [0.3, 0.4) is 0 Å². The Balaban J connectivity index is 4.63. The first-order valence-electron chi connectivity index (χ1n) is 3.99. The second-order valence-electron chi connectivity index (χ2n) is 3.59. The fourth-order valence-electron chi connectivity index (χ4n) is 0.950. The summed E-state index contributed by atoms with van der Waals surface area (Å²) in [6.45, 7) is 1.79. The molecule has 0 aromatic rings. The van der Waals surface area contributed by atoms with Crippen LogP contribution in [-0.4, -0.2) is 50.2 Å². The number of hydrogen-bond acceptors (Lipinski definition) is 4. The molecule has 0 aromatic heterocycles. The summed E-state index contributed by atoms with van der Waals surface area (Å²) in [6.07, 6.45) is 0. The van der Waals surface area contributed by atoms with E-state index in [0.29, 0.717) is 0 Å². The lowest BCUT2D eigenvalue weighted by molar-refractivity contribution is -0.881. The first kappa shape index (κ1) is 11.9. The average molecular weight is 189 g/mol. The van der Waals surface area contributed by atoms with E-state index >= 15 is 0 Å². The molecule has 0 aromatic carbocycles. The Morgan fingerprint density at radius 3 is 2.08 bits per heavy atom. The molecule has 5 heteroatoms. The molecule has 0 spiro atoms. The van der Waals surface area contributed by atoms with E-state index < -0.39 is 18.0 Å². The largest absolute Gasteiger partial charge is 0.543 e. The van der Waals surface area contributed by atoms with Gasteiger partial charge in [-0.2, -0.15) is 0 Å². The van der Waals surface area contributed by atoms with Gasteiger partial charge in [-0.15, -0.1) is 0 Å². The molecule has 0 amide bonds. The van der Waals surface area contributed by atoms with Crippen LogP contribution in [-0.2, 0) is 14.3 Å². The summed E-state index contributed by atoms with van der Waals surface area (Å²) in [7, 11) is 4.78. The van der Waals surface area contributed by atoms with Crippen LogP contribution in [0.15, 0.2) is 0 Å². The number of rotatable bonds is 4. The second kappa shape index (κ2) is 4.23. The quantitative estimate of drug-likeness (QED) is 0.303. The van der Waals surface area contributed by atoms with E-state index in [9.17, 15) is 14.7 Å². The summed E-state index contributed by atoms with van der Waals surface area (Å²) >= 11 is 0. The van der Waals surface area contributed by atoms with Crippen molar-refractivity contribution in [2.24, 2.45) is 0 Å². The highest BCUT2D eigenvalue weighted by molar-refractivity contribution is 5.95. The van der Waals surface area contributed by atoms with Gasteiger partial charge in [0.1, 0.15) is 5.97 Å². The van der Waals surface area contributed by atoms with Crippen LogP contribution in [0.1, 0.15) is 6.92 Å². The maximum atomic E-state index is 11.2. The summed E-state index contributed by atoms with van der Waals surface area (Å²) in [6, 6.07) is -1.26. The molecular formula is C8H15NO4. The number of nitrogens with zero attached hydrogens (tertiary/aromatic N) is 1. The number of hydrogen-bond donors (Lipinski definition) is 0. The molecule has 0 N–H and O–H groups in total. The number of aliphatic carboxylic acids is 1. The molecule has 0 saturated heterocycles. The summed E-state index contributed by atoms with van der Waals surface area (Å²) in [5, 5.41) is 10.6. The smallest absolute Gasteiger partial charge is 0.371 e. The van der Waals surface area contributed by atoms with Crippen LogP contribution in [0.25, 0.3) is 0 Å². The van der Waals surface area contributed by atoms with Gasteiger partial charge in [-0.25, -0.2) is 4.79 Å². The monoisotopic (exact) mass is 189 g/mol. The number of likely N-dealkylation sites (N-methyl/N-ethyl adjacent to an activating group) is 1. The van der Waals surface area contributed by atoms with Gasteiger partial charge in [0.15, 0.2) is 0 Å². The molecule has 0 rings (SSSR count). The molecule has 0 fully saturated rings.